The van der Waals surface area contributed by atoms with Gasteiger partial charge < -0.3 is 59.4 Å². The molecule has 9 atom stereocenters. The third-order valence-electron chi connectivity index (χ3n) is 8.17. The zero-order valence-corrected chi connectivity index (χ0v) is 23.2. The molecule has 2 saturated heterocycles. The average molecular weight is 593 g/mol. The zero-order chi connectivity index (χ0) is 29.9. The number of phenols is 1. The van der Waals surface area contributed by atoms with Crippen LogP contribution in [0.5, 0.6) is 17.2 Å². The Kier molecular flexibility index (Phi) is 10.0. The highest BCUT2D eigenvalue weighted by atomic mass is 16.7. The van der Waals surface area contributed by atoms with Crippen LogP contribution in [0.15, 0.2) is 42.5 Å². The lowest BCUT2D eigenvalue weighted by Gasteiger charge is -2.41. The number of phenolic OH excluding ortho intramolecular Hbond substituents is 1. The van der Waals surface area contributed by atoms with Crippen molar-refractivity contribution in [3.63, 3.8) is 0 Å². The van der Waals surface area contributed by atoms with E-state index in [4.69, 9.17) is 23.7 Å². The van der Waals surface area contributed by atoms with Crippen molar-refractivity contribution in [1.82, 2.24) is 0 Å². The van der Waals surface area contributed by atoms with Crippen LogP contribution < -0.4 is 4.74 Å². The van der Waals surface area contributed by atoms with E-state index in [2.05, 4.69) is 0 Å². The first-order chi connectivity index (χ1) is 20.2. The smallest absolute Gasteiger partial charge is 0.186 e. The third-order valence-corrected chi connectivity index (χ3v) is 8.17. The Bertz CT molecular complexity index is 1160. The number of hydrogen-bond acceptors (Lipinski definition) is 12. The molecule has 42 heavy (non-hydrogen) atoms. The number of hydrogen-bond donors (Lipinski definition) is 7. The highest BCUT2D eigenvalue weighted by Crippen LogP contribution is 2.33. The SMILES string of the molecule is OC[C@@]1(O)CO[C@@H](OC[C@H]2O[C@@H](O[C@H]3CCCCc4ccc(O)c(c4)Oc4ccc(cc4)CC3)[C@H](O)[C@@H](O)[C@@H]2O)[C@@H]1O. The largest absolute Gasteiger partial charge is 0.504 e. The van der Waals surface area contributed by atoms with Gasteiger partial charge in [0.05, 0.1) is 25.9 Å². The molecule has 4 bridgehead atoms. The van der Waals surface area contributed by atoms with Gasteiger partial charge in [-0.2, -0.15) is 0 Å². The van der Waals surface area contributed by atoms with Crippen LogP contribution in [0.3, 0.4) is 0 Å². The summed E-state index contributed by atoms with van der Waals surface area (Å²) < 4.78 is 28.7. The predicted molar refractivity (Wildman–Crippen MR) is 146 cm³/mol. The van der Waals surface area contributed by atoms with Crippen LogP contribution in [0.25, 0.3) is 0 Å². The van der Waals surface area contributed by atoms with E-state index >= 15 is 0 Å². The lowest BCUT2D eigenvalue weighted by atomic mass is 9.98. The molecule has 2 aromatic carbocycles. The second kappa shape index (κ2) is 13.5. The van der Waals surface area contributed by atoms with Gasteiger partial charge in [-0.1, -0.05) is 24.6 Å². The van der Waals surface area contributed by atoms with Crippen molar-refractivity contribution in [1.29, 1.82) is 0 Å². The summed E-state index contributed by atoms with van der Waals surface area (Å²) in [5.41, 5.74) is 0.182. The molecule has 4 heterocycles. The fraction of sp³-hybridized carbons (Fsp3) is 0.600. The molecular weight excluding hydrogens is 552 g/mol. The van der Waals surface area contributed by atoms with Crippen LogP contribution in [0, 0.1) is 0 Å². The lowest BCUT2D eigenvalue weighted by Crippen LogP contribution is -2.60. The zero-order valence-electron chi connectivity index (χ0n) is 23.2. The molecule has 0 unspecified atom stereocenters. The van der Waals surface area contributed by atoms with Crippen LogP contribution in [-0.2, 0) is 31.8 Å². The van der Waals surface area contributed by atoms with Crippen LogP contribution in [-0.4, -0.2) is 110 Å². The van der Waals surface area contributed by atoms with Crippen molar-refractivity contribution in [2.45, 2.75) is 93.3 Å². The normalized spacial score (nSPS) is 35.8. The quantitative estimate of drug-likeness (QED) is 0.246. The summed E-state index contributed by atoms with van der Waals surface area (Å²) in [6.07, 6.45) is -5.87. The summed E-state index contributed by atoms with van der Waals surface area (Å²) in [5.74, 6) is 1.07. The second-order valence-electron chi connectivity index (χ2n) is 11.3. The topological polar surface area (TPSA) is 188 Å². The van der Waals surface area contributed by atoms with Crippen molar-refractivity contribution in [3.8, 4) is 17.2 Å². The molecule has 4 aliphatic heterocycles. The van der Waals surface area contributed by atoms with Crippen LogP contribution >= 0.6 is 0 Å². The van der Waals surface area contributed by atoms with Crippen molar-refractivity contribution in [2.24, 2.45) is 0 Å². The van der Waals surface area contributed by atoms with E-state index in [1.54, 1.807) is 6.07 Å². The van der Waals surface area contributed by atoms with E-state index in [1.807, 2.05) is 36.4 Å². The van der Waals surface area contributed by atoms with Crippen LogP contribution in [0.4, 0.5) is 0 Å². The molecule has 0 spiro atoms. The number of benzene rings is 2. The minimum Gasteiger partial charge on any atom is -0.504 e. The highest BCUT2D eigenvalue weighted by Gasteiger charge is 2.50. The summed E-state index contributed by atoms with van der Waals surface area (Å²) >= 11 is 0. The highest BCUT2D eigenvalue weighted by molar-refractivity contribution is 5.45. The number of ether oxygens (including phenoxy) is 5. The number of aliphatic hydroxyl groups excluding tert-OH is 5. The molecule has 12 nitrogen and oxygen atoms in total. The Morgan fingerprint density at radius 3 is 2.36 bits per heavy atom. The average Bonchev–Trinajstić information content (AvgIpc) is 3.28. The number of fused-ring (bicyclic) bond motifs is 8. The number of aliphatic hydroxyl groups is 6. The Balaban J connectivity index is 1.24. The van der Waals surface area contributed by atoms with Gasteiger partial charge in [-0.05, 0) is 67.5 Å². The van der Waals surface area contributed by atoms with Gasteiger partial charge in [0.2, 0.25) is 0 Å². The van der Waals surface area contributed by atoms with Gasteiger partial charge in [-0.3, -0.25) is 0 Å². The summed E-state index contributed by atoms with van der Waals surface area (Å²) in [5, 5.41) is 71.8. The van der Waals surface area contributed by atoms with Gasteiger partial charge in [-0.25, -0.2) is 0 Å². The first-order valence-corrected chi connectivity index (χ1v) is 14.3. The molecule has 0 aromatic heterocycles. The third kappa shape index (κ3) is 7.05. The fourth-order valence-corrected chi connectivity index (χ4v) is 5.44. The van der Waals surface area contributed by atoms with Gasteiger partial charge in [-0.15, -0.1) is 0 Å². The monoisotopic (exact) mass is 592 g/mol. The van der Waals surface area contributed by atoms with E-state index in [1.165, 1.54) is 0 Å². The summed E-state index contributed by atoms with van der Waals surface area (Å²) in [7, 11) is 0. The first kappa shape index (κ1) is 31.1. The number of rotatable bonds is 6. The van der Waals surface area contributed by atoms with Gasteiger partial charge in [0.15, 0.2) is 24.1 Å². The van der Waals surface area contributed by atoms with Gasteiger partial charge in [0, 0.05) is 0 Å². The van der Waals surface area contributed by atoms with Crippen molar-refractivity contribution >= 4 is 0 Å². The Labute approximate surface area is 243 Å². The van der Waals surface area contributed by atoms with E-state index in [9.17, 15) is 35.7 Å². The van der Waals surface area contributed by atoms with Crippen molar-refractivity contribution in [3.05, 3.63) is 53.6 Å². The van der Waals surface area contributed by atoms with Crippen LogP contribution in [0.2, 0.25) is 0 Å². The maximum atomic E-state index is 10.7. The Morgan fingerprint density at radius 1 is 0.857 bits per heavy atom. The molecule has 2 aromatic rings. The van der Waals surface area contributed by atoms with Crippen molar-refractivity contribution < 1.29 is 59.4 Å². The molecule has 0 amide bonds. The summed E-state index contributed by atoms with van der Waals surface area (Å²) in [4.78, 5) is 0. The molecule has 2 fully saturated rings. The molecular formula is C30H40O12. The van der Waals surface area contributed by atoms with Gasteiger partial charge in [0.25, 0.3) is 0 Å². The summed E-state index contributed by atoms with van der Waals surface area (Å²) in [6, 6.07) is 12.8. The molecule has 12 heteroatoms. The maximum absolute atomic E-state index is 10.7. The standard InChI is InChI=1S/C30H40O12/c31-15-30(37)16-39-29(27(30)36)38-14-23-24(33)25(34)26(35)28(42-23)41-19-4-2-1-3-18-8-12-21(32)22(13-18)40-20-10-6-17(5-9-19)7-11-20/h6-8,10-13,19,23-29,31-37H,1-5,9,14-16H2/t19-,23+,24+,25-,26+,27-,28+,29+,30+/m0/s1. The number of aryl methyl sites for hydroxylation is 2. The predicted octanol–water partition coefficient (Wildman–Crippen LogP) is 0.493. The molecule has 0 radical (unpaired) electrons. The molecule has 0 saturated carbocycles. The molecule has 0 aliphatic carbocycles. The maximum Gasteiger partial charge on any atom is 0.186 e. The van der Waals surface area contributed by atoms with E-state index in [-0.39, 0.29) is 25.1 Å². The Hall–Kier alpha value is -2.36. The second-order valence-corrected chi connectivity index (χ2v) is 11.3. The molecule has 6 rings (SSSR count). The van der Waals surface area contributed by atoms with Crippen LogP contribution in [0.1, 0.15) is 36.8 Å². The summed E-state index contributed by atoms with van der Waals surface area (Å²) in [6.45, 7) is -1.42. The van der Waals surface area contributed by atoms with E-state index in [0.29, 0.717) is 30.8 Å². The van der Waals surface area contributed by atoms with Crippen molar-refractivity contribution in [2.75, 3.05) is 19.8 Å². The minimum absolute atomic E-state index is 0.0706. The Morgan fingerprint density at radius 2 is 1.62 bits per heavy atom. The first-order valence-electron chi connectivity index (χ1n) is 14.3. The van der Waals surface area contributed by atoms with Gasteiger partial charge >= 0.3 is 0 Å². The van der Waals surface area contributed by atoms with Gasteiger partial charge in [0.1, 0.15) is 41.9 Å². The van der Waals surface area contributed by atoms with E-state index < -0.39 is 55.3 Å². The molecule has 7 N–H and O–H groups in total. The fourth-order valence-electron chi connectivity index (χ4n) is 5.44. The lowest BCUT2D eigenvalue weighted by molar-refractivity contribution is -0.319. The van der Waals surface area contributed by atoms with E-state index in [0.717, 1.165) is 30.4 Å². The number of aromatic hydroxyl groups is 1. The minimum atomic E-state index is -1.87. The molecule has 4 aliphatic rings. The molecule has 232 valence electrons.